The summed E-state index contributed by atoms with van der Waals surface area (Å²) in [5, 5.41) is 8.63. The van der Waals surface area contributed by atoms with Crippen molar-refractivity contribution in [2.75, 3.05) is 11.1 Å². The van der Waals surface area contributed by atoms with Crippen molar-refractivity contribution in [1.29, 1.82) is 0 Å². The van der Waals surface area contributed by atoms with E-state index in [1.807, 2.05) is 44.4 Å². The lowest BCUT2D eigenvalue weighted by Crippen LogP contribution is -1.96. The van der Waals surface area contributed by atoms with E-state index in [1.165, 1.54) is 0 Å². The van der Waals surface area contributed by atoms with Gasteiger partial charge in [-0.3, -0.25) is 9.67 Å². The molecule has 0 spiro atoms. The number of nitrogens with one attached hydrogen (secondary N) is 1. The molecule has 0 aliphatic carbocycles. The van der Waals surface area contributed by atoms with Gasteiger partial charge in [0.25, 0.3) is 0 Å². The van der Waals surface area contributed by atoms with E-state index >= 15 is 0 Å². The maximum Gasteiger partial charge on any atom is 0.0957 e. The molecule has 96 valence electrons. The van der Waals surface area contributed by atoms with Crippen LogP contribution in [-0.2, 0) is 7.05 Å². The van der Waals surface area contributed by atoms with Crippen molar-refractivity contribution >= 4 is 28.0 Å². The van der Waals surface area contributed by atoms with Gasteiger partial charge in [-0.25, -0.2) is 0 Å². The average Bonchev–Trinajstić information content (AvgIpc) is 2.72. The number of aryl methyl sites for hydroxylation is 2. The van der Waals surface area contributed by atoms with Gasteiger partial charge in [-0.05, 0) is 31.2 Å². The zero-order valence-electron chi connectivity index (χ0n) is 10.9. The Kier molecular flexibility index (Phi) is 2.59. The van der Waals surface area contributed by atoms with Crippen molar-refractivity contribution in [2.45, 2.75) is 6.92 Å². The van der Waals surface area contributed by atoms with Crippen LogP contribution >= 0.6 is 0 Å². The third-order valence-corrected chi connectivity index (χ3v) is 3.09. The summed E-state index contributed by atoms with van der Waals surface area (Å²) in [6, 6.07) is 7.69. The summed E-state index contributed by atoms with van der Waals surface area (Å²) >= 11 is 0. The number of hydrogen-bond acceptors (Lipinski definition) is 4. The minimum Gasteiger partial charge on any atom is -0.398 e. The third-order valence-electron chi connectivity index (χ3n) is 3.09. The largest absolute Gasteiger partial charge is 0.398 e. The Hall–Kier alpha value is -2.56. The summed E-state index contributed by atoms with van der Waals surface area (Å²) in [7, 11) is 1.90. The van der Waals surface area contributed by atoms with Crippen molar-refractivity contribution in [3.8, 4) is 0 Å². The van der Waals surface area contributed by atoms with Crippen LogP contribution in [0.5, 0.6) is 0 Å². The van der Waals surface area contributed by atoms with Crippen molar-refractivity contribution in [2.24, 2.45) is 7.05 Å². The fraction of sp³-hybridized carbons (Fsp3) is 0.143. The molecule has 0 saturated carbocycles. The zero-order chi connectivity index (χ0) is 13.4. The van der Waals surface area contributed by atoms with E-state index in [2.05, 4.69) is 15.4 Å². The van der Waals surface area contributed by atoms with Crippen LogP contribution in [0.3, 0.4) is 0 Å². The minimum atomic E-state index is 0.733. The van der Waals surface area contributed by atoms with Crippen LogP contribution in [0.4, 0.5) is 17.1 Å². The number of pyridine rings is 1. The number of nitrogen functional groups attached to an aromatic ring is 1. The number of hydrogen-bond donors (Lipinski definition) is 2. The van der Waals surface area contributed by atoms with Crippen LogP contribution in [0.15, 0.2) is 36.7 Å². The summed E-state index contributed by atoms with van der Waals surface area (Å²) in [5.41, 5.74) is 10.4. The normalized spacial score (nSPS) is 10.8. The topological polar surface area (TPSA) is 68.8 Å². The van der Waals surface area contributed by atoms with Gasteiger partial charge in [0.05, 0.1) is 22.6 Å². The molecule has 0 fully saturated rings. The molecule has 0 aliphatic rings. The Bertz CT molecular complexity index is 745. The van der Waals surface area contributed by atoms with Crippen LogP contribution in [0.2, 0.25) is 0 Å². The van der Waals surface area contributed by atoms with E-state index in [0.717, 1.165) is 33.7 Å². The van der Waals surface area contributed by atoms with Crippen molar-refractivity contribution in [3.63, 3.8) is 0 Å². The molecular formula is C14H15N5. The molecule has 3 N–H and O–H groups in total. The Morgan fingerprint density at radius 2 is 2.05 bits per heavy atom. The predicted molar refractivity (Wildman–Crippen MR) is 77.4 cm³/mol. The molecule has 0 bridgehead atoms. The van der Waals surface area contributed by atoms with E-state index in [1.54, 1.807) is 10.9 Å². The summed E-state index contributed by atoms with van der Waals surface area (Å²) in [6.45, 7) is 1.97. The Morgan fingerprint density at radius 3 is 2.79 bits per heavy atom. The highest BCUT2D eigenvalue weighted by Gasteiger charge is 2.08. The molecule has 2 aromatic heterocycles. The number of benzene rings is 1. The average molecular weight is 253 g/mol. The van der Waals surface area contributed by atoms with Gasteiger partial charge in [-0.2, -0.15) is 5.10 Å². The molecule has 3 rings (SSSR count). The van der Waals surface area contributed by atoms with Crippen LogP contribution in [-0.4, -0.2) is 14.8 Å². The second-order valence-corrected chi connectivity index (χ2v) is 4.53. The molecule has 3 aromatic rings. The second kappa shape index (κ2) is 4.28. The van der Waals surface area contributed by atoms with Crippen molar-refractivity contribution in [1.82, 2.24) is 14.8 Å². The number of fused-ring (bicyclic) bond motifs is 1. The van der Waals surface area contributed by atoms with E-state index < -0.39 is 0 Å². The lowest BCUT2D eigenvalue weighted by atomic mass is 10.1. The first-order valence-corrected chi connectivity index (χ1v) is 6.05. The van der Waals surface area contributed by atoms with Crippen LogP contribution < -0.4 is 11.1 Å². The third kappa shape index (κ3) is 1.99. The van der Waals surface area contributed by atoms with E-state index in [9.17, 15) is 0 Å². The smallest absolute Gasteiger partial charge is 0.0957 e. The van der Waals surface area contributed by atoms with Crippen LogP contribution in [0.1, 0.15) is 5.69 Å². The molecule has 0 amide bonds. The molecule has 19 heavy (non-hydrogen) atoms. The molecule has 0 atom stereocenters. The predicted octanol–water partition coefficient (Wildman–Crippen LogP) is 2.60. The number of rotatable bonds is 2. The molecule has 0 saturated heterocycles. The fourth-order valence-corrected chi connectivity index (χ4v) is 2.16. The molecule has 5 nitrogen and oxygen atoms in total. The molecule has 2 heterocycles. The highest BCUT2D eigenvalue weighted by atomic mass is 15.3. The number of nitrogens with zero attached hydrogens (tertiary/aromatic N) is 3. The number of nitrogens with two attached hydrogens (primary N) is 1. The zero-order valence-corrected chi connectivity index (χ0v) is 10.9. The first-order chi connectivity index (χ1) is 9.15. The van der Waals surface area contributed by atoms with Gasteiger partial charge in [-0.15, -0.1) is 0 Å². The quantitative estimate of drug-likeness (QED) is 0.689. The van der Waals surface area contributed by atoms with E-state index in [4.69, 9.17) is 5.73 Å². The summed E-state index contributed by atoms with van der Waals surface area (Å²) in [4.78, 5) is 4.40. The molecule has 5 heteroatoms. The summed E-state index contributed by atoms with van der Waals surface area (Å²) in [6.07, 6.45) is 3.71. The Morgan fingerprint density at radius 1 is 1.21 bits per heavy atom. The molecule has 1 aromatic carbocycles. The Balaban J connectivity index is 2.11. The molecule has 0 radical (unpaired) electrons. The SMILES string of the molecule is Cc1nn(C)cc1Nc1ccc(N)c2cccnc12. The lowest BCUT2D eigenvalue weighted by molar-refractivity contribution is 0.756. The maximum absolute atomic E-state index is 5.97. The van der Waals surface area contributed by atoms with Gasteiger partial charge in [0, 0.05) is 30.5 Å². The maximum atomic E-state index is 5.97. The molecular weight excluding hydrogens is 238 g/mol. The fourth-order valence-electron chi connectivity index (χ4n) is 2.16. The second-order valence-electron chi connectivity index (χ2n) is 4.53. The Labute approximate surface area is 111 Å². The van der Waals surface area contributed by atoms with E-state index in [-0.39, 0.29) is 0 Å². The van der Waals surface area contributed by atoms with Crippen molar-refractivity contribution < 1.29 is 0 Å². The molecule has 0 aliphatic heterocycles. The van der Waals surface area contributed by atoms with Crippen LogP contribution in [0.25, 0.3) is 10.9 Å². The molecule has 0 unspecified atom stereocenters. The number of aromatic nitrogens is 3. The van der Waals surface area contributed by atoms with Crippen LogP contribution in [0, 0.1) is 6.92 Å². The van der Waals surface area contributed by atoms with E-state index in [0.29, 0.717) is 0 Å². The van der Waals surface area contributed by atoms with Crippen molar-refractivity contribution in [3.05, 3.63) is 42.4 Å². The lowest BCUT2D eigenvalue weighted by Gasteiger charge is -2.09. The summed E-state index contributed by atoms with van der Waals surface area (Å²) < 4.78 is 1.78. The van der Waals surface area contributed by atoms with Gasteiger partial charge in [0.1, 0.15) is 0 Å². The standard InChI is InChI=1S/C14H15N5/c1-9-13(8-19(2)18-9)17-12-6-5-11(15)10-4-3-7-16-14(10)12/h3-8,17H,15H2,1-2H3. The van der Waals surface area contributed by atoms with Gasteiger partial charge in [0.15, 0.2) is 0 Å². The monoisotopic (exact) mass is 253 g/mol. The minimum absolute atomic E-state index is 0.733. The van der Waals surface area contributed by atoms with Gasteiger partial charge in [-0.1, -0.05) is 0 Å². The first kappa shape index (κ1) is 11.5. The highest BCUT2D eigenvalue weighted by molar-refractivity contribution is 5.99. The number of anilines is 3. The van der Waals surface area contributed by atoms with Gasteiger partial charge < -0.3 is 11.1 Å². The van der Waals surface area contributed by atoms with Gasteiger partial charge >= 0.3 is 0 Å². The van der Waals surface area contributed by atoms with Gasteiger partial charge in [0.2, 0.25) is 0 Å². The highest BCUT2D eigenvalue weighted by Crippen LogP contribution is 2.29. The first-order valence-electron chi connectivity index (χ1n) is 6.05. The summed E-state index contributed by atoms with van der Waals surface area (Å²) in [5.74, 6) is 0.